The molecule has 1 rings (SSSR count). The van der Waals surface area contributed by atoms with Gasteiger partial charge in [0.2, 0.25) is 5.91 Å². The lowest BCUT2D eigenvalue weighted by Gasteiger charge is -2.01. The number of nitrogens with one attached hydrogen (secondary N) is 1. The fourth-order valence-corrected chi connectivity index (χ4v) is 1.29. The molecule has 0 saturated heterocycles. The van der Waals surface area contributed by atoms with E-state index in [1.165, 1.54) is 6.92 Å². The third kappa shape index (κ3) is 4.58. The molecular weight excluding hydrogens is 216 g/mol. The number of aliphatic hydroxyl groups excluding tert-OH is 1. The van der Waals surface area contributed by atoms with Gasteiger partial charge in [0, 0.05) is 36.7 Å². The standard InChI is InChI=1S/C13H16N2O2/c1-10(17)15-7-3-2-4-11-5-6-13(14)12(8-11)9-16/h5-6,8,16H,3,7,9,14H2,1H3,(H,15,17). The normalized spacial score (nSPS) is 9.29. The number of amides is 1. The third-order valence-corrected chi connectivity index (χ3v) is 2.17. The SMILES string of the molecule is CC(=O)NCCC#Cc1ccc(N)c(CO)c1. The summed E-state index contributed by atoms with van der Waals surface area (Å²) in [6.07, 6.45) is 0.596. The Morgan fingerprint density at radius 1 is 1.53 bits per heavy atom. The monoisotopic (exact) mass is 232 g/mol. The van der Waals surface area contributed by atoms with E-state index in [2.05, 4.69) is 17.2 Å². The van der Waals surface area contributed by atoms with Crippen LogP contribution in [0.2, 0.25) is 0 Å². The molecule has 0 bridgehead atoms. The van der Waals surface area contributed by atoms with Gasteiger partial charge in [-0.15, -0.1) is 0 Å². The molecule has 0 aliphatic heterocycles. The van der Waals surface area contributed by atoms with Crippen molar-refractivity contribution in [3.8, 4) is 11.8 Å². The van der Waals surface area contributed by atoms with Gasteiger partial charge in [0.05, 0.1) is 6.61 Å². The zero-order valence-electron chi connectivity index (χ0n) is 9.79. The van der Waals surface area contributed by atoms with Crippen LogP contribution in [0.5, 0.6) is 0 Å². The summed E-state index contributed by atoms with van der Waals surface area (Å²) in [6, 6.07) is 5.30. The molecule has 1 aromatic rings. The topological polar surface area (TPSA) is 75.4 Å². The zero-order valence-corrected chi connectivity index (χ0v) is 9.79. The Morgan fingerprint density at radius 3 is 2.94 bits per heavy atom. The molecule has 0 heterocycles. The maximum absolute atomic E-state index is 10.6. The van der Waals surface area contributed by atoms with E-state index in [4.69, 9.17) is 10.8 Å². The van der Waals surface area contributed by atoms with Crippen molar-refractivity contribution >= 4 is 11.6 Å². The van der Waals surface area contributed by atoms with Crippen LogP contribution in [0, 0.1) is 11.8 Å². The van der Waals surface area contributed by atoms with Crippen molar-refractivity contribution in [3.63, 3.8) is 0 Å². The van der Waals surface area contributed by atoms with E-state index in [1.807, 2.05) is 0 Å². The molecule has 4 N–H and O–H groups in total. The highest BCUT2D eigenvalue weighted by Crippen LogP contribution is 2.13. The lowest BCUT2D eigenvalue weighted by atomic mass is 10.1. The van der Waals surface area contributed by atoms with Gasteiger partial charge in [-0.2, -0.15) is 0 Å². The van der Waals surface area contributed by atoms with E-state index in [-0.39, 0.29) is 12.5 Å². The van der Waals surface area contributed by atoms with Crippen LogP contribution >= 0.6 is 0 Å². The molecule has 0 unspecified atom stereocenters. The Morgan fingerprint density at radius 2 is 2.29 bits per heavy atom. The van der Waals surface area contributed by atoms with E-state index in [9.17, 15) is 4.79 Å². The number of hydrogen-bond donors (Lipinski definition) is 3. The van der Waals surface area contributed by atoms with Gasteiger partial charge >= 0.3 is 0 Å². The molecular formula is C13H16N2O2. The number of benzene rings is 1. The van der Waals surface area contributed by atoms with Crippen LogP contribution in [-0.2, 0) is 11.4 Å². The number of hydrogen-bond acceptors (Lipinski definition) is 3. The summed E-state index contributed by atoms with van der Waals surface area (Å²) in [7, 11) is 0. The first-order valence-electron chi connectivity index (χ1n) is 5.36. The molecule has 0 radical (unpaired) electrons. The van der Waals surface area contributed by atoms with Crippen LogP contribution < -0.4 is 11.1 Å². The number of rotatable bonds is 3. The quantitative estimate of drug-likeness (QED) is 0.406. The van der Waals surface area contributed by atoms with E-state index < -0.39 is 0 Å². The molecule has 17 heavy (non-hydrogen) atoms. The van der Waals surface area contributed by atoms with Crippen molar-refractivity contribution < 1.29 is 9.90 Å². The maximum atomic E-state index is 10.6. The van der Waals surface area contributed by atoms with Crippen LogP contribution in [0.15, 0.2) is 18.2 Å². The minimum Gasteiger partial charge on any atom is -0.398 e. The number of carbonyl (C=O) groups is 1. The summed E-state index contributed by atoms with van der Waals surface area (Å²) in [5.74, 6) is 5.84. The molecule has 0 fully saturated rings. The minimum absolute atomic E-state index is 0.0538. The molecule has 0 spiro atoms. The lowest BCUT2D eigenvalue weighted by Crippen LogP contribution is -2.20. The molecule has 4 heteroatoms. The van der Waals surface area contributed by atoms with Crippen LogP contribution in [-0.4, -0.2) is 17.6 Å². The molecule has 0 aliphatic carbocycles. The maximum Gasteiger partial charge on any atom is 0.216 e. The van der Waals surface area contributed by atoms with Gasteiger partial charge in [0.25, 0.3) is 0 Å². The summed E-state index contributed by atoms with van der Waals surface area (Å²) >= 11 is 0. The molecule has 0 atom stereocenters. The first-order chi connectivity index (χ1) is 8.13. The Balaban J connectivity index is 2.57. The highest BCUT2D eigenvalue weighted by molar-refractivity contribution is 5.72. The van der Waals surface area contributed by atoms with Crippen molar-refractivity contribution in [1.82, 2.24) is 5.32 Å². The fourth-order valence-electron chi connectivity index (χ4n) is 1.29. The molecule has 0 aliphatic rings. The lowest BCUT2D eigenvalue weighted by molar-refractivity contribution is -0.118. The number of anilines is 1. The largest absolute Gasteiger partial charge is 0.398 e. The van der Waals surface area contributed by atoms with Crippen LogP contribution in [0.3, 0.4) is 0 Å². The van der Waals surface area contributed by atoms with Crippen molar-refractivity contribution in [1.29, 1.82) is 0 Å². The molecule has 90 valence electrons. The Kier molecular flexibility index (Phi) is 5.05. The van der Waals surface area contributed by atoms with Crippen molar-refractivity contribution in [2.24, 2.45) is 0 Å². The number of carbonyl (C=O) groups excluding carboxylic acids is 1. The minimum atomic E-state index is -0.0900. The van der Waals surface area contributed by atoms with Gasteiger partial charge in [-0.25, -0.2) is 0 Å². The van der Waals surface area contributed by atoms with Gasteiger partial charge in [-0.3, -0.25) is 4.79 Å². The van der Waals surface area contributed by atoms with E-state index in [1.54, 1.807) is 18.2 Å². The molecule has 1 amide bonds. The van der Waals surface area contributed by atoms with Gasteiger partial charge in [0.1, 0.15) is 0 Å². The molecule has 0 saturated carbocycles. The average molecular weight is 232 g/mol. The second-order valence-corrected chi connectivity index (χ2v) is 3.61. The highest BCUT2D eigenvalue weighted by Gasteiger charge is 1.97. The van der Waals surface area contributed by atoms with Gasteiger partial charge in [-0.05, 0) is 18.2 Å². The highest BCUT2D eigenvalue weighted by atomic mass is 16.3. The van der Waals surface area contributed by atoms with E-state index in [0.717, 1.165) is 5.56 Å². The first kappa shape index (κ1) is 13.1. The third-order valence-electron chi connectivity index (χ3n) is 2.17. The van der Waals surface area contributed by atoms with Gasteiger partial charge in [0.15, 0.2) is 0 Å². The van der Waals surface area contributed by atoms with E-state index in [0.29, 0.717) is 24.2 Å². The van der Waals surface area contributed by atoms with E-state index >= 15 is 0 Å². The fraction of sp³-hybridized carbons (Fsp3) is 0.308. The van der Waals surface area contributed by atoms with Crippen LogP contribution in [0.1, 0.15) is 24.5 Å². The zero-order chi connectivity index (χ0) is 12.7. The Labute approximate surface area is 101 Å². The van der Waals surface area contributed by atoms with Crippen LogP contribution in [0.4, 0.5) is 5.69 Å². The summed E-state index contributed by atoms with van der Waals surface area (Å²) in [5.41, 5.74) is 7.71. The number of nitrogens with two attached hydrogens (primary N) is 1. The second-order valence-electron chi connectivity index (χ2n) is 3.61. The number of aliphatic hydroxyl groups is 1. The summed E-state index contributed by atoms with van der Waals surface area (Å²) in [4.78, 5) is 10.6. The van der Waals surface area contributed by atoms with Gasteiger partial charge < -0.3 is 16.2 Å². The predicted octanol–water partition coefficient (Wildman–Crippen LogP) is 0.639. The van der Waals surface area contributed by atoms with Crippen molar-refractivity contribution in [2.75, 3.05) is 12.3 Å². The van der Waals surface area contributed by atoms with Crippen LogP contribution in [0.25, 0.3) is 0 Å². The summed E-state index contributed by atoms with van der Waals surface area (Å²) in [5, 5.41) is 11.7. The second kappa shape index (κ2) is 6.56. The average Bonchev–Trinajstić information content (AvgIpc) is 2.30. The smallest absolute Gasteiger partial charge is 0.216 e. The van der Waals surface area contributed by atoms with Gasteiger partial charge in [-0.1, -0.05) is 11.8 Å². The van der Waals surface area contributed by atoms with Crippen molar-refractivity contribution in [2.45, 2.75) is 20.0 Å². The predicted molar refractivity (Wildman–Crippen MR) is 67.0 cm³/mol. The Bertz CT molecular complexity index is 458. The summed E-state index contributed by atoms with van der Waals surface area (Å²) < 4.78 is 0. The number of nitrogen functional groups attached to an aromatic ring is 1. The molecule has 4 nitrogen and oxygen atoms in total. The van der Waals surface area contributed by atoms with Crippen molar-refractivity contribution in [3.05, 3.63) is 29.3 Å². The Hall–Kier alpha value is -1.99. The first-order valence-corrected chi connectivity index (χ1v) is 5.36. The summed E-state index contributed by atoms with van der Waals surface area (Å²) in [6.45, 7) is 1.93. The molecule has 1 aromatic carbocycles. The molecule has 0 aromatic heterocycles.